The highest BCUT2D eigenvalue weighted by atomic mass is 16.2. The molecule has 0 N–H and O–H groups in total. The Kier molecular flexibility index (Phi) is 4.03. The molecule has 0 unspecified atom stereocenters. The van der Waals surface area contributed by atoms with Gasteiger partial charge in [0.2, 0.25) is 5.91 Å². The minimum absolute atomic E-state index is 0.0563. The molecule has 0 aliphatic carbocycles. The number of amides is 1. The fraction of sp³-hybridized carbons (Fsp3) is 0.611. The maximum absolute atomic E-state index is 12.5. The van der Waals surface area contributed by atoms with Gasteiger partial charge in [0.15, 0.2) is 0 Å². The Morgan fingerprint density at radius 1 is 1.19 bits per heavy atom. The number of hydrogen-bond acceptors (Lipinski definition) is 2. The van der Waals surface area contributed by atoms with Crippen molar-refractivity contribution in [2.24, 2.45) is 5.41 Å². The smallest absolute Gasteiger partial charge is 0.232 e. The normalized spacial score (nSPS) is 26.4. The van der Waals surface area contributed by atoms with Gasteiger partial charge in [0.05, 0.1) is 5.41 Å². The van der Waals surface area contributed by atoms with Crippen molar-refractivity contribution in [3.63, 3.8) is 0 Å². The van der Waals surface area contributed by atoms with Crippen LogP contribution in [0.5, 0.6) is 0 Å². The Labute approximate surface area is 127 Å². The van der Waals surface area contributed by atoms with Gasteiger partial charge in [0, 0.05) is 25.7 Å². The van der Waals surface area contributed by atoms with E-state index >= 15 is 0 Å². The van der Waals surface area contributed by atoms with Gasteiger partial charge in [0.25, 0.3) is 0 Å². The van der Waals surface area contributed by atoms with Crippen molar-refractivity contribution in [2.45, 2.75) is 39.2 Å². The van der Waals surface area contributed by atoms with Crippen LogP contribution in [-0.4, -0.2) is 47.9 Å². The lowest BCUT2D eigenvalue weighted by Gasteiger charge is -2.54. The third-order valence-electron chi connectivity index (χ3n) is 5.03. The number of likely N-dealkylation sites (tertiary alicyclic amines) is 2. The van der Waals surface area contributed by atoms with Crippen LogP contribution < -0.4 is 0 Å². The first kappa shape index (κ1) is 14.6. The van der Waals surface area contributed by atoms with Gasteiger partial charge >= 0.3 is 0 Å². The summed E-state index contributed by atoms with van der Waals surface area (Å²) in [5.41, 5.74) is 1.33. The second-order valence-electron chi connectivity index (χ2n) is 6.92. The number of nitrogens with zero attached hydrogens (tertiary/aromatic N) is 2. The summed E-state index contributed by atoms with van der Waals surface area (Å²) in [4.78, 5) is 17.0. The largest absolute Gasteiger partial charge is 0.339 e. The highest BCUT2D eigenvalue weighted by molar-refractivity contribution is 5.89. The summed E-state index contributed by atoms with van der Waals surface area (Å²) in [7, 11) is 0. The molecule has 2 heterocycles. The Bertz CT molecular complexity index is 499. The Hall–Kier alpha value is -1.35. The van der Waals surface area contributed by atoms with Crippen molar-refractivity contribution in [3.8, 4) is 0 Å². The van der Waals surface area contributed by atoms with Gasteiger partial charge in [0.1, 0.15) is 0 Å². The first-order valence-electron chi connectivity index (χ1n) is 8.18. The van der Waals surface area contributed by atoms with Gasteiger partial charge in [-0.1, -0.05) is 30.3 Å². The molecule has 1 amide bonds. The molecule has 2 aliphatic rings. The number of hydrogen-bond donors (Lipinski definition) is 0. The van der Waals surface area contributed by atoms with Gasteiger partial charge in [-0.2, -0.15) is 0 Å². The summed E-state index contributed by atoms with van der Waals surface area (Å²) < 4.78 is 0. The molecule has 0 aromatic heterocycles. The van der Waals surface area contributed by atoms with E-state index in [0.717, 1.165) is 45.4 Å². The molecule has 1 spiro atoms. The Morgan fingerprint density at radius 2 is 1.95 bits per heavy atom. The van der Waals surface area contributed by atoms with Crippen molar-refractivity contribution < 1.29 is 4.79 Å². The van der Waals surface area contributed by atoms with Crippen molar-refractivity contribution >= 4 is 5.91 Å². The first-order chi connectivity index (χ1) is 10.1. The standard InChI is InChI=1S/C18H26N2O/c1-15(2)20-14-18(17(20)21)10-6-11-19(13-18)12-9-16-7-4-3-5-8-16/h3-5,7-8,15H,6,9-14H2,1-2H3/t18-/m0/s1. The Morgan fingerprint density at radius 3 is 2.62 bits per heavy atom. The summed E-state index contributed by atoms with van der Waals surface area (Å²) >= 11 is 0. The van der Waals surface area contributed by atoms with Gasteiger partial charge in [-0.05, 0) is 45.2 Å². The number of benzene rings is 1. The molecule has 1 aromatic rings. The summed E-state index contributed by atoms with van der Waals surface area (Å²) in [6, 6.07) is 11.0. The minimum atomic E-state index is -0.0563. The Balaban J connectivity index is 1.56. The van der Waals surface area contributed by atoms with Crippen LogP contribution in [0.4, 0.5) is 0 Å². The maximum Gasteiger partial charge on any atom is 0.232 e. The third-order valence-corrected chi connectivity index (χ3v) is 5.03. The van der Waals surface area contributed by atoms with Gasteiger partial charge < -0.3 is 9.80 Å². The van der Waals surface area contributed by atoms with Gasteiger partial charge in [-0.25, -0.2) is 0 Å². The minimum Gasteiger partial charge on any atom is -0.339 e. The highest BCUT2D eigenvalue weighted by Crippen LogP contribution is 2.41. The van der Waals surface area contributed by atoms with Crippen LogP contribution in [0.2, 0.25) is 0 Å². The molecule has 3 heteroatoms. The molecule has 3 nitrogen and oxygen atoms in total. The molecule has 0 saturated carbocycles. The molecule has 0 radical (unpaired) electrons. The van der Waals surface area contributed by atoms with Crippen molar-refractivity contribution in [2.75, 3.05) is 26.2 Å². The molecule has 114 valence electrons. The van der Waals surface area contributed by atoms with Crippen LogP contribution in [-0.2, 0) is 11.2 Å². The van der Waals surface area contributed by atoms with E-state index < -0.39 is 0 Å². The van der Waals surface area contributed by atoms with Crippen LogP contribution in [0.15, 0.2) is 30.3 Å². The van der Waals surface area contributed by atoms with Crippen LogP contribution in [0.25, 0.3) is 0 Å². The van der Waals surface area contributed by atoms with Gasteiger partial charge in [-0.15, -0.1) is 0 Å². The summed E-state index contributed by atoms with van der Waals surface area (Å²) in [5, 5.41) is 0. The zero-order valence-electron chi connectivity index (χ0n) is 13.2. The van der Waals surface area contributed by atoms with Gasteiger partial charge in [-0.3, -0.25) is 4.79 Å². The molecule has 1 aromatic carbocycles. The lowest BCUT2D eigenvalue weighted by molar-refractivity contribution is -0.169. The molecule has 3 rings (SSSR count). The van der Waals surface area contributed by atoms with Crippen LogP contribution >= 0.6 is 0 Å². The topological polar surface area (TPSA) is 23.6 Å². The maximum atomic E-state index is 12.5. The summed E-state index contributed by atoms with van der Waals surface area (Å²) in [6.07, 6.45) is 3.32. The number of β-lactam (4-membered cyclic amide) rings is 1. The monoisotopic (exact) mass is 286 g/mol. The number of carbonyl (C=O) groups excluding carboxylic acids is 1. The lowest BCUT2D eigenvalue weighted by Crippen LogP contribution is -2.68. The van der Waals surface area contributed by atoms with E-state index in [1.807, 2.05) is 4.90 Å². The fourth-order valence-electron chi connectivity index (χ4n) is 3.75. The van der Waals surface area contributed by atoms with E-state index in [1.165, 1.54) is 5.56 Å². The lowest BCUT2D eigenvalue weighted by atomic mass is 9.71. The van der Waals surface area contributed by atoms with Crippen LogP contribution in [0.3, 0.4) is 0 Å². The zero-order chi connectivity index (χ0) is 14.9. The summed E-state index contributed by atoms with van der Waals surface area (Å²) in [5.74, 6) is 0.391. The molecule has 2 saturated heterocycles. The highest BCUT2D eigenvalue weighted by Gasteiger charge is 2.54. The van der Waals surface area contributed by atoms with Crippen molar-refractivity contribution in [1.29, 1.82) is 0 Å². The van der Waals surface area contributed by atoms with E-state index in [4.69, 9.17) is 0 Å². The van der Waals surface area contributed by atoms with E-state index in [0.29, 0.717) is 11.9 Å². The molecule has 0 bridgehead atoms. The molecule has 21 heavy (non-hydrogen) atoms. The van der Waals surface area contributed by atoms with Crippen molar-refractivity contribution in [3.05, 3.63) is 35.9 Å². The molecule has 2 fully saturated rings. The quantitative estimate of drug-likeness (QED) is 0.794. The van der Waals surface area contributed by atoms with Crippen molar-refractivity contribution in [1.82, 2.24) is 9.80 Å². The number of piperidine rings is 1. The molecule has 1 atom stereocenters. The molecule has 2 aliphatic heterocycles. The average molecular weight is 286 g/mol. The number of rotatable bonds is 4. The SMILES string of the molecule is CC(C)N1C[C@@]2(CCCN(CCc3ccccc3)C2)C1=O. The van der Waals surface area contributed by atoms with E-state index in [1.54, 1.807) is 0 Å². The third kappa shape index (κ3) is 2.84. The average Bonchev–Trinajstić information content (AvgIpc) is 2.51. The summed E-state index contributed by atoms with van der Waals surface area (Å²) in [6.45, 7) is 8.36. The molecular weight excluding hydrogens is 260 g/mol. The predicted molar refractivity (Wildman–Crippen MR) is 85.1 cm³/mol. The van der Waals surface area contributed by atoms with Crippen LogP contribution in [0.1, 0.15) is 32.3 Å². The first-order valence-corrected chi connectivity index (χ1v) is 8.18. The fourth-order valence-corrected chi connectivity index (χ4v) is 3.75. The second kappa shape index (κ2) is 5.80. The van der Waals surface area contributed by atoms with E-state index in [9.17, 15) is 4.79 Å². The van der Waals surface area contributed by atoms with E-state index in [-0.39, 0.29) is 5.41 Å². The van der Waals surface area contributed by atoms with E-state index in [2.05, 4.69) is 49.1 Å². The van der Waals surface area contributed by atoms with Crippen LogP contribution in [0, 0.1) is 5.41 Å². The number of carbonyl (C=O) groups is 1. The zero-order valence-corrected chi connectivity index (χ0v) is 13.2. The second-order valence-corrected chi connectivity index (χ2v) is 6.92. The predicted octanol–water partition coefficient (Wildman–Crippen LogP) is 2.56. The molecular formula is C18H26N2O.